The van der Waals surface area contributed by atoms with E-state index in [0.29, 0.717) is 13.0 Å². The molecular formula is C12H20FNO3. The minimum Gasteiger partial charge on any atom is -0.444 e. The van der Waals surface area contributed by atoms with Gasteiger partial charge in [-0.2, -0.15) is 0 Å². The molecule has 1 heterocycles. The number of carbonyl (C=O) groups is 2. The maximum Gasteiger partial charge on any atom is 0.410 e. The van der Waals surface area contributed by atoms with Crippen LogP contribution in [0.2, 0.25) is 0 Å². The molecule has 0 aliphatic carbocycles. The summed E-state index contributed by atoms with van der Waals surface area (Å²) in [4.78, 5) is 23.4. The molecule has 0 aromatic heterocycles. The normalized spacial score (nSPS) is 25.5. The van der Waals surface area contributed by atoms with Crippen LogP contribution in [0.3, 0.4) is 0 Å². The Balaban J connectivity index is 2.49. The molecule has 1 unspecified atom stereocenters. The fourth-order valence-corrected chi connectivity index (χ4v) is 1.83. The smallest absolute Gasteiger partial charge is 0.410 e. The van der Waals surface area contributed by atoms with Gasteiger partial charge < -0.3 is 14.4 Å². The van der Waals surface area contributed by atoms with Crippen LogP contribution >= 0.6 is 0 Å². The minimum atomic E-state index is -1.14. The van der Waals surface area contributed by atoms with E-state index in [-0.39, 0.29) is 18.9 Å². The van der Waals surface area contributed by atoms with Crippen molar-refractivity contribution in [3.05, 3.63) is 0 Å². The number of ether oxygens (including phenoxy) is 1. The lowest BCUT2D eigenvalue weighted by atomic mass is 9.92. The standard InChI is InChI=1S/C12H20FNO3/c1-12(2,3)17-11(16)14-6-4-9(5-7-15)10(13)8-14/h7,9-10H,4-6,8H2,1-3H3/t9?,10-/m1/s1. The Kier molecular flexibility index (Phi) is 4.48. The van der Waals surface area contributed by atoms with Crippen molar-refractivity contribution in [2.24, 2.45) is 5.92 Å². The second kappa shape index (κ2) is 5.47. The number of alkyl halides is 1. The number of halogens is 1. The molecule has 0 spiro atoms. The van der Waals surface area contributed by atoms with Crippen molar-refractivity contribution in [3.8, 4) is 0 Å². The Labute approximate surface area is 101 Å². The molecule has 0 bridgehead atoms. The third-order valence-electron chi connectivity index (χ3n) is 2.73. The summed E-state index contributed by atoms with van der Waals surface area (Å²) in [6.45, 7) is 5.80. The molecule has 1 fully saturated rings. The Morgan fingerprint density at radius 1 is 1.53 bits per heavy atom. The van der Waals surface area contributed by atoms with Gasteiger partial charge in [0.1, 0.15) is 18.1 Å². The van der Waals surface area contributed by atoms with Gasteiger partial charge in [-0.3, -0.25) is 0 Å². The van der Waals surface area contributed by atoms with E-state index in [1.807, 2.05) is 0 Å². The monoisotopic (exact) mass is 245 g/mol. The van der Waals surface area contributed by atoms with Crippen LogP contribution < -0.4 is 0 Å². The number of likely N-dealkylation sites (tertiary alicyclic amines) is 1. The fraction of sp³-hybridized carbons (Fsp3) is 0.833. The van der Waals surface area contributed by atoms with Crippen LogP contribution in [0.5, 0.6) is 0 Å². The van der Waals surface area contributed by atoms with Crippen molar-refractivity contribution in [2.75, 3.05) is 13.1 Å². The molecule has 1 amide bonds. The van der Waals surface area contributed by atoms with E-state index >= 15 is 0 Å². The van der Waals surface area contributed by atoms with E-state index in [1.165, 1.54) is 4.90 Å². The molecule has 1 aliphatic heterocycles. The van der Waals surface area contributed by atoms with Gasteiger partial charge in [0.2, 0.25) is 0 Å². The van der Waals surface area contributed by atoms with Crippen LogP contribution in [0.15, 0.2) is 0 Å². The number of rotatable bonds is 2. The van der Waals surface area contributed by atoms with Gasteiger partial charge in [-0.15, -0.1) is 0 Å². The van der Waals surface area contributed by atoms with Crippen molar-refractivity contribution in [1.82, 2.24) is 4.90 Å². The van der Waals surface area contributed by atoms with Gasteiger partial charge in [-0.1, -0.05) is 0 Å². The highest BCUT2D eigenvalue weighted by atomic mass is 19.1. The predicted octanol–water partition coefficient (Wildman–Crippen LogP) is 2.17. The lowest BCUT2D eigenvalue weighted by molar-refractivity contribution is -0.109. The topological polar surface area (TPSA) is 46.6 Å². The molecule has 1 aliphatic rings. The summed E-state index contributed by atoms with van der Waals surface area (Å²) in [5, 5.41) is 0. The average molecular weight is 245 g/mol. The molecular weight excluding hydrogens is 225 g/mol. The molecule has 1 rings (SSSR count). The van der Waals surface area contributed by atoms with Gasteiger partial charge in [0, 0.05) is 18.9 Å². The van der Waals surface area contributed by atoms with E-state index in [0.717, 1.165) is 6.29 Å². The van der Waals surface area contributed by atoms with Crippen molar-refractivity contribution in [2.45, 2.75) is 45.4 Å². The van der Waals surface area contributed by atoms with Gasteiger partial charge in [-0.25, -0.2) is 9.18 Å². The Hall–Kier alpha value is -1.13. The first-order valence-electron chi connectivity index (χ1n) is 5.89. The van der Waals surface area contributed by atoms with Gasteiger partial charge >= 0.3 is 6.09 Å². The molecule has 0 radical (unpaired) electrons. The predicted molar refractivity (Wildman–Crippen MR) is 61.5 cm³/mol. The zero-order valence-electron chi connectivity index (χ0n) is 10.6. The lowest BCUT2D eigenvalue weighted by Gasteiger charge is -2.35. The summed E-state index contributed by atoms with van der Waals surface area (Å²) in [7, 11) is 0. The highest BCUT2D eigenvalue weighted by Gasteiger charge is 2.33. The zero-order chi connectivity index (χ0) is 13.1. The molecule has 17 heavy (non-hydrogen) atoms. The molecule has 1 saturated heterocycles. The highest BCUT2D eigenvalue weighted by Crippen LogP contribution is 2.24. The lowest BCUT2D eigenvalue weighted by Crippen LogP contribution is -2.46. The van der Waals surface area contributed by atoms with Gasteiger partial charge in [-0.05, 0) is 27.2 Å². The average Bonchev–Trinajstić information content (AvgIpc) is 2.18. The number of nitrogens with zero attached hydrogens (tertiary/aromatic N) is 1. The van der Waals surface area contributed by atoms with Gasteiger partial charge in [0.15, 0.2) is 0 Å². The van der Waals surface area contributed by atoms with Crippen molar-refractivity contribution in [3.63, 3.8) is 0 Å². The molecule has 0 N–H and O–H groups in total. The fourth-order valence-electron chi connectivity index (χ4n) is 1.83. The molecule has 5 heteroatoms. The van der Waals surface area contributed by atoms with Gasteiger partial charge in [0.05, 0.1) is 6.54 Å². The quantitative estimate of drug-likeness (QED) is 0.700. The molecule has 2 atom stereocenters. The van der Waals surface area contributed by atoms with Crippen molar-refractivity contribution >= 4 is 12.4 Å². The Morgan fingerprint density at radius 2 is 2.18 bits per heavy atom. The third-order valence-corrected chi connectivity index (χ3v) is 2.73. The number of aldehydes is 1. The first-order chi connectivity index (χ1) is 7.83. The number of hydrogen-bond acceptors (Lipinski definition) is 3. The highest BCUT2D eigenvalue weighted by molar-refractivity contribution is 5.68. The maximum atomic E-state index is 13.7. The van der Waals surface area contributed by atoms with E-state index in [2.05, 4.69) is 0 Å². The zero-order valence-corrected chi connectivity index (χ0v) is 10.6. The van der Waals surface area contributed by atoms with E-state index in [4.69, 9.17) is 4.74 Å². The Bertz CT molecular complexity index is 288. The first-order valence-corrected chi connectivity index (χ1v) is 5.89. The summed E-state index contributed by atoms with van der Waals surface area (Å²) in [5.41, 5.74) is -0.567. The summed E-state index contributed by atoms with van der Waals surface area (Å²) in [6, 6.07) is 0. The molecule has 0 saturated carbocycles. The second-order valence-electron chi connectivity index (χ2n) is 5.39. The van der Waals surface area contributed by atoms with E-state index < -0.39 is 17.9 Å². The van der Waals surface area contributed by atoms with Crippen LogP contribution in [0.25, 0.3) is 0 Å². The van der Waals surface area contributed by atoms with E-state index in [9.17, 15) is 14.0 Å². The Morgan fingerprint density at radius 3 is 2.65 bits per heavy atom. The second-order valence-corrected chi connectivity index (χ2v) is 5.39. The summed E-state index contributed by atoms with van der Waals surface area (Å²) in [6.07, 6.45) is -0.144. The number of amides is 1. The van der Waals surface area contributed by atoms with Crippen LogP contribution in [-0.4, -0.2) is 42.1 Å². The maximum absolute atomic E-state index is 13.7. The van der Waals surface area contributed by atoms with Crippen LogP contribution in [-0.2, 0) is 9.53 Å². The largest absolute Gasteiger partial charge is 0.444 e. The van der Waals surface area contributed by atoms with Gasteiger partial charge in [0.25, 0.3) is 0 Å². The van der Waals surface area contributed by atoms with Crippen molar-refractivity contribution < 1.29 is 18.7 Å². The van der Waals surface area contributed by atoms with Crippen LogP contribution in [0.4, 0.5) is 9.18 Å². The molecule has 0 aromatic rings. The number of hydrogen-bond donors (Lipinski definition) is 0. The summed E-state index contributed by atoms with van der Waals surface area (Å²) in [5.74, 6) is -0.258. The SMILES string of the molecule is CC(C)(C)OC(=O)N1CCC(CC=O)[C@H](F)C1. The summed E-state index contributed by atoms with van der Waals surface area (Å²) >= 11 is 0. The number of carbonyl (C=O) groups excluding carboxylic acids is 2. The van der Waals surface area contributed by atoms with E-state index in [1.54, 1.807) is 20.8 Å². The summed E-state index contributed by atoms with van der Waals surface area (Å²) < 4.78 is 18.8. The van der Waals surface area contributed by atoms with Crippen LogP contribution in [0, 0.1) is 5.92 Å². The minimum absolute atomic E-state index is 0.0212. The van der Waals surface area contributed by atoms with Crippen molar-refractivity contribution in [1.29, 1.82) is 0 Å². The van der Waals surface area contributed by atoms with Crippen LogP contribution in [0.1, 0.15) is 33.6 Å². The third kappa shape index (κ3) is 4.32. The molecule has 98 valence electrons. The number of piperidine rings is 1. The molecule has 0 aromatic carbocycles. The first kappa shape index (κ1) is 13.9. The molecule has 4 nitrogen and oxygen atoms in total.